The Labute approximate surface area is 285 Å². The normalized spacial score (nSPS) is 18.2. The molecule has 2 aliphatic heterocycles. The maximum atomic E-state index is 14.1. The van der Waals surface area contributed by atoms with Crippen LogP contribution in [0.15, 0.2) is 78.9 Å². The predicted molar refractivity (Wildman–Crippen MR) is 181 cm³/mol. The molecule has 248 valence electrons. The lowest BCUT2D eigenvalue weighted by Crippen LogP contribution is -2.61. The summed E-state index contributed by atoms with van der Waals surface area (Å²) < 4.78 is 5.72. The van der Waals surface area contributed by atoms with Gasteiger partial charge in [-0.3, -0.25) is 19.2 Å². The number of nitrogens with two attached hydrogens (primary N) is 1. The van der Waals surface area contributed by atoms with Gasteiger partial charge in [-0.25, -0.2) is 0 Å². The van der Waals surface area contributed by atoms with Gasteiger partial charge in [0.1, 0.15) is 6.04 Å². The molecule has 2 atom stereocenters. The van der Waals surface area contributed by atoms with Crippen molar-refractivity contribution in [3.63, 3.8) is 0 Å². The molecule has 0 aromatic heterocycles. The Bertz CT molecular complexity index is 1510. The van der Waals surface area contributed by atoms with Gasteiger partial charge in [-0.1, -0.05) is 89.9 Å². The van der Waals surface area contributed by atoms with Gasteiger partial charge in [0.05, 0.1) is 25.6 Å². The lowest BCUT2D eigenvalue weighted by Gasteiger charge is -2.41. The van der Waals surface area contributed by atoms with Gasteiger partial charge in [0.15, 0.2) is 0 Å². The van der Waals surface area contributed by atoms with Crippen LogP contribution in [0.3, 0.4) is 0 Å². The van der Waals surface area contributed by atoms with E-state index in [4.69, 9.17) is 33.7 Å². The maximum absolute atomic E-state index is 14.1. The van der Waals surface area contributed by atoms with Crippen molar-refractivity contribution in [2.24, 2.45) is 5.73 Å². The van der Waals surface area contributed by atoms with E-state index in [2.05, 4.69) is 24.3 Å². The second-order valence-corrected chi connectivity index (χ2v) is 12.9. The Balaban J connectivity index is 1.39. The summed E-state index contributed by atoms with van der Waals surface area (Å²) >= 11 is 12.5. The molecule has 0 radical (unpaired) electrons. The van der Waals surface area contributed by atoms with E-state index in [1.165, 1.54) is 9.80 Å². The summed E-state index contributed by atoms with van der Waals surface area (Å²) in [6, 6.07) is 24.2. The third-order valence-corrected chi connectivity index (χ3v) is 9.45. The topological polar surface area (TPSA) is 113 Å². The highest BCUT2D eigenvalue weighted by atomic mass is 35.5. The molecular formula is C36H40Cl2N4O5. The van der Waals surface area contributed by atoms with Gasteiger partial charge in [-0.15, -0.1) is 0 Å². The largest absolute Gasteiger partial charge is 0.376 e. The van der Waals surface area contributed by atoms with E-state index >= 15 is 0 Å². The van der Waals surface area contributed by atoms with Gasteiger partial charge < -0.3 is 25.2 Å². The summed E-state index contributed by atoms with van der Waals surface area (Å²) in [6.07, 6.45) is 2.09. The van der Waals surface area contributed by atoms with Crippen LogP contribution in [0.5, 0.6) is 0 Å². The Morgan fingerprint density at radius 1 is 0.957 bits per heavy atom. The molecule has 3 aromatic carbocycles. The zero-order valence-electron chi connectivity index (χ0n) is 26.2. The van der Waals surface area contributed by atoms with Crippen molar-refractivity contribution in [3.05, 3.63) is 106 Å². The summed E-state index contributed by atoms with van der Waals surface area (Å²) in [4.78, 5) is 58.1. The smallest absolute Gasteiger partial charge is 0.246 e. The number of hydrogen-bond donors (Lipinski definition) is 1. The van der Waals surface area contributed by atoms with Gasteiger partial charge >= 0.3 is 0 Å². The molecule has 9 nitrogen and oxygen atoms in total. The second-order valence-electron chi connectivity index (χ2n) is 12.1. The monoisotopic (exact) mass is 678 g/mol. The minimum absolute atomic E-state index is 0.0346. The number of carbonyl (C=O) groups excluding carboxylic acids is 4. The summed E-state index contributed by atoms with van der Waals surface area (Å²) in [5, 5.41) is 0.982. The van der Waals surface area contributed by atoms with Crippen molar-refractivity contribution >= 4 is 46.8 Å². The van der Waals surface area contributed by atoms with E-state index in [-0.39, 0.29) is 63.0 Å². The van der Waals surface area contributed by atoms with E-state index in [1.807, 2.05) is 36.4 Å². The summed E-state index contributed by atoms with van der Waals surface area (Å²) in [5.41, 5.74) is 8.49. The molecule has 0 aliphatic carbocycles. The zero-order chi connectivity index (χ0) is 33.3. The summed E-state index contributed by atoms with van der Waals surface area (Å²) in [5.74, 6) is -1.69. The van der Waals surface area contributed by atoms with E-state index < -0.39 is 17.9 Å². The molecule has 0 saturated carbocycles. The lowest BCUT2D eigenvalue weighted by molar-refractivity contribution is -0.158. The molecule has 2 fully saturated rings. The fourth-order valence-electron chi connectivity index (χ4n) is 6.43. The molecule has 11 heteroatoms. The van der Waals surface area contributed by atoms with Crippen molar-refractivity contribution in [2.45, 2.75) is 50.2 Å². The van der Waals surface area contributed by atoms with Crippen molar-refractivity contribution < 1.29 is 23.9 Å². The Kier molecular flexibility index (Phi) is 11.9. The number of piperazine rings is 1. The Morgan fingerprint density at radius 2 is 1.64 bits per heavy atom. The first-order chi connectivity index (χ1) is 22.7. The maximum Gasteiger partial charge on any atom is 0.246 e. The van der Waals surface area contributed by atoms with Gasteiger partial charge in [0.2, 0.25) is 23.6 Å². The van der Waals surface area contributed by atoms with Crippen molar-refractivity contribution in [2.75, 3.05) is 39.3 Å². The molecule has 47 heavy (non-hydrogen) atoms. The van der Waals surface area contributed by atoms with Gasteiger partial charge in [-0.05, 0) is 54.5 Å². The molecule has 0 bridgehead atoms. The van der Waals surface area contributed by atoms with E-state index in [9.17, 15) is 19.2 Å². The average molecular weight is 680 g/mol. The molecule has 2 unspecified atom stereocenters. The SMILES string of the molecule is NC(=O)CN(CC1CCCO1)C(=O)CC1C(=O)N(CCc2ccc(Cl)cc2Cl)CC(=O)N1CCC(c1ccccc1)c1ccccc1. The number of hydrogen-bond acceptors (Lipinski definition) is 5. The number of rotatable bonds is 14. The zero-order valence-corrected chi connectivity index (χ0v) is 27.7. The fourth-order valence-corrected chi connectivity index (χ4v) is 6.94. The van der Waals surface area contributed by atoms with E-state index in [1.54, 1.807) is 23.1 Å². The number of nitrogens with zero attached hydrogens (tertiary/aromatic N) is 3. The molecule has 5 rings (SSSR count). The van der Waals surface area contributed by atoms with Crippen LogP contribution in [0.2, 0.25) is 10.0 Å². The number of primary amides is 1. The highest BCUT2D eigenvalue weighted by Gasteiger charge is 2.41. The molecule has 4 amide bonds. The van der Waals surface area contributed by atoms with Crippen molar-refractivity contribution in [1.29, 1.82) is 0 Å². The number of ether oxygens (including phenoxy) is 1. The van der Waals surface area contributed by atoms with Crippen LogP contribution < -0.4 is 5.73 Å². The minimum Gasteiger partial charge on any atom is -0.376 e. The highest BCUT2D eigenvalue weighted by molar-refractivity contribution is 6.35. The Hall–Kier alpha value is -3.92. The van der Waals surface area contributed by atoms with Crippen LogP contribution in [0.1, 0.15) is 48.3 Å². The van der Waals surface area contributed by atoms with Gasteiger partial charge in [-0.2, -0.15) is 0 Å². The van der Waals surface area contributed by atoms with Crippen LogP contribution in [0.25, 0.3) is 0 Å². The van der Waals surface area contributed by atoms with Crippen LogP contribution in [0.4, 0.5) is 0 Å². The minimum atomic E-state index is -1.04. The molecular weight excluding hydrogens is 639 g/mol. The van der Waals surface area contributed by atoms with Crippen LogP contribution in [-0.4, -0.2) is 89.8 Å². The molecule has 2 aliphatic rings. The van der Waals surface area contributed by atoms with Gasteiger partial charge in [0.25, 0.3) is 0 Å². The first-order valence-corrected chi connectivity index (χ1v) is 16.7. The molecule has 2 heterocycles. The van der Waals surface area contributed by atoms with Crippen LogP contribution in [-0.2, 0) is 30.3 Å². The lowest BCUT2D eigenvalue weighted by atomic mass is 9.88. The summed E-state index contributed by atoms with van der Waals surface area (Å²) in [7, 11) is 0. The standard InChI is InChI=1S/C36H40Cl2N4O5/c37-28-14-13-27(31(38)20-28)15-17-40-24-35(45)42(18-16-30(25-8-3-1-4-9-25)26-10-5-2-6-11-26)32(36(40)46)21-34(44)41(23-33(39)43)22-29-12-7-19-47-29/h1-6,8-11,13-14,20,29-30,32H,7,12,15-19,21-24H2,(H2,39,43). The number of benzene rings is 3. The second kappa shape index (κ2) is 16.3. The first-order valence-electron chi connectivity index (χ1n) is 16.0. The summed E-state index contributed by atoms with van der Waals surface area (Å²) in [6.45, 7) is 0.869. The number of amides is 4. The highest BCUT2D eigenvalue weighted by Crippen LogP contribution is 2.30. The predicted octanol–water partition coefficient (Wildman–Crippen LogP) is 4.68. The first kappa shape index (κ1) is 34.4. The number of halogens is 2. The van der Waals surface area contributed by atoms with Crippen molar-refractivity contribution in [1.82, 2.24) is 14.7 Å². The average Bonchev–Trinajstić information content (AvgIpc) is 3.57. The third kappa shape index (κ3) is 9.12. The van der Waals surface area contributed by atoms with Crippen molar-refractivity contribution in [3.8, 4) is 0 Å². The molecule has 0 spiro atoms. The number of carbonyl (C=O) groups is 4. The van der Waals surface area contributed by atoms with E-state index in [0.29, 0.717) is 29.5 Å². The molecule has 3 aromatic rings. The Morgan fingerprint density at radius 3 is 2.23 bits per heavy atom. The fraction of sp³-hybridized carbons (Fsp3) is 0.389. The molecule has 2 N–H and O–H groups in total. The van der Waals surface area contributed by atoms with Crippen LogP contribution >= 0.6 is 23.2 Å². The van der Waals surface area contributed by atoms with Crippen LogP contribution in [0, 0.1) is 0 Å². The van der Waals surface area contributed by atoms with E-state index in [0.717, 1.165) is 29.5 Å². The quantitative estimate of drug-likeness (QED) is 0.266. The third-order valence-electron chi connectivity index (χ3n) is 8.86. The van der Waals surface area contributed by atoms with Gasteiger partial charge in [0, 0.05) is 42.2 Å². The molecule has 2 saturated heterocycles.